The second-order valence-corrected chi connectivity index (χ2v) is 5.17. The van der Waals surface area contributed by atoms with E-state index in [1.54, 1.807) is 0 Å². The summed E-state index contributed by atoms with van der Waals surface area (Å²) in [4.78, 5) is 2.35. The van der Waals surface area contributed by atoms with E-state index in [1.165, 1.54) is 0 Å². The topological polar surface area (TPSA) is 59.3 Å². The van der Waals surface area contributed by atoms with Crippen LogP contribution in [0, 0.1) is 25.2 Å². The summed E-state index contributed by atoms with van der Waals surface area (Å²) >= 11 is 0. The molecule has 1 aliphatic rings. The molecular weight excluding hydrogens is 309 g/mol. The molecule has 0 spiro atoms. The van der Waals surface area contributed by atoms with Gasteiger partial charge in [0, 0.05) is 32.2 Å². The van der Waals surface area contributed by atoms with E-state index < -0.39 is 0 Å². The van der Waals surface area contributed by atoms with E-state index in [0.29, 0.717) is 12.2 Å². The molecule has 4 nitrogen and oxygen atoms in total. The Morgan fingerprint density at radius 3 is 2.24 bits per heavy atom. The van der Waals surface area contributed by atoms with Crippen molar-refractivity contribution in [2.45, 2.75) is 26.3 Å². The van der Waals surface area contributed by atoms with Gasteiger partial charge >= 0.3 is 0 Å². The van der Waals surface area contributed by atoms with Gasteiger partial charge in [0.2, 0.25) is 0 Å². The molecule has 0 saturated carbocycles. The first-order valence-corrected chi connectivity index (χ1v) is 6.75. The molecule has 118 valence electrons. The van der Waals surface area contributed by atoms with Crippen molar-refractivity contribution in [1.29, 1.82) is 5.26 Å². The third kappa shape index (κ3) is 4.76. The van der Waals surface area contributed by atoms with E-state index in [1.807, 2.05) is 26.0 Å². The minimum Gasteiger partial charge on any atom is -0.507 e. The van der Waals surface area contributed by atoms with Crippen LogP contribution in [0.1, 0.15) is 29.2 Å². The first-order chi connectivity index (χ1) is 9.13. The number of phenolic OH excluding ortho intramolecular Hbond substituents is 1. The zero-order chi connectivity index (χ0) is 13.8. The fourth-order valence-electron chi connectivity index (χ4n) is 2.72. The second kappa shape index (κ2) is 9.11. The first-order valence-electron chi connectivity index (χ1n) is 6.75. The van der Waals surface area contributed by atoms with E-state index in [-0.39, 0.29) is 30.9 Å². The van der Waals surface area contributed by atoms with Gasteiger partial charge in [-0.2, -0.15) is 5.26 Å². The summed E-state index contributed by atoms with van der Waals surface area (Å²) in [5.74, 6) is 0.361. The van der Waals surface area contributed by atoms with Crippen molar-refractivity contribution in [3.05, 3.63) is 28.8 Å². The minimum atomic E-state index is 0. The Morgan fingerprint density at radius 1 is 1.24 bits per heavy atom. The normalized spacial score (nSPS) is 16.2. The number of rotatable bonds is 3. The number of hydrogen-bond acceptors (Lipinski definition) is 4. The Balaban J connectivity index is 0.00000200. The van der Waals surface area contributed by atoms with E-state index in [2.05, 4.69) is 16.3 Å². The third-order valence-electron chi connectivity index (χ3n) is 3.78. The molecule has 0 aromatic heterocycles. The van der Waals surface area contributed by atoms with E-state index in [0.717, 1.165) is 42.9 Å². The molecule has 1 fully saturated rings. The molecule has 1 aliphatic heterocycles. The lowest BCUT2D eigenvalue weighted by Gasteiger charge is -2.34. The zero-order valence-corrected chi connectivity index (χ0v) is 14.1. The standard InChI is InChI=1S/C15H21N3O.2ClH/c1-11-9-13(10-12(2)15(11)19)14(3-4-16)18-7-5-17-6-8-18;;/h9-10,14,17,19H,3,5-8H2,1-2H3;2*1H/t14-;;/m1../s1. The predicted molar refractivity (Wildman–Crippen MR) is 89.5 cm³/mol. The summed E-state index contributed by atoms with van der Waals surface area (Å²) in [6.07, 6.45) is 0.490. The maximum absolute atomic E-state index is 9.86. The Bertz CT molecular complexity index is 473. The molecule has 0 aliphatic carbocycles. The Morgan fingerprint density at radius 2 is 1.76 bits per heavy atom. The number of benzene rings is 1. The van der Waals surface area contributed by atoms with E-state index in [4.69, 9.17) is 5.26 Å². The number of phenols is 1. The number of nitrogens with one attached hydrogen (secondary N) is 1. The maximum Gasteiger partial charge on any atom is 0.121 e. The van der Waals surface area contributed by atoms with Crippen LogP contribution in [0.15, 0.2) is 12.1 Å². The average Bonchev–Trinajstić information content (AvgIpc) is 2.42. The van der Waals surface area contributed by atoms with Crippen molar-refractivity contribution in [2.75, 3.05) is 26.2 Å². The molecule has 1 heterocycles. The van der Waals surface area contributed by atoms with Crippen LogP contribution in [-0.4, -0.2) is 36.2 Å². The minimum absolute atomic E-state index is 0. The summed E-state index contributed by atoms with van der Waals surface area (Å²) in [6.45, 7) is 7.69. The molecule has 0 radical (unpaired) electrons. The Labute approximate surface area is 139 Å². The fourth-order valence-corrected chi connectivity index (χ4v) is 2.72. The van der Waals surface area contributed by atoms with Crippen LogP contribution in [0.2, 0.25) is 0 Å². The lowest BCUT2D eigenvalue weighted by molar-refractivity contribution is 0.175. The van der Waals surface area contributed by atoms with Gasteiger partial charge in [-0.05, 0) is 30.5 Å². The van der Waals surface area contributed by atoms with Gasteiger partial charge in [-0.25, -0.2) is 0 Å². The molecule has 2 N–H and O–H groups in total. The third-order valence-corrected chi connectivity index (χ3v) is 3.78. The van der Waals surface area contributed by atoms with Crippen molar-refractivity contribution in [2.24, 2.45) is 0 Å². The largest absolute Gasteiger partial charge is 0.507 e. The maximum atomic E-state index is 9.86. The average molecular weight is 332 g/mol. The monoisotopic (exact) mass is 331 g/mol. The van der Waals surface area contributed by atoms with Gasteiger partial charge < -0.3 is 10.4 Å². The highest BCUT2D eigenvalue weighted by molar-refractivity contribution is 5.85. The van der Waals surface area contributed by atoms with E-state index in [9.17, 15) is 5.11 Å². The number of piperazine rings is 1. The molecule has 2 rings (SSSR count). The van der Waals surface area contributed by atoms with Crippen molar-refractivity contribution in [3.63, 3.8) is 0 Å². The second-order valence-electron chi connectivity index (χ2n) is 5.17. The number of nitrogens with zero attached hydrogens (tertiary/aromatic N) is 2. The fraction of sp³-hybridized carbons (Fsp3) is 0.533. The van der Waals surface area contributed by atoms with Gasteiger partial charge in [-0.3, -0.25) is 4.90 Å². The van der Waals surface area contributed by atoms with Crippen LogP contribution >= 0.6 is 24.8 Å². The van der Waals surface area contributed by atoms with Gasteiger partial charge in [0.25, 0.3) is 0 Å². The molecule has 1 aromatic rings. The molecular formula is C15H23Cl2N3O. The SMILES string of the molecule is Cc1cc([C@@H](CC#N)N2CCNCC2)cc(C)c1O.Cl.Cl. The number of nitriles is 1. The van der Waals surface area contributed by atoms with Crippen LogP contribution in [0.25, 0.3) is 0 Å². The van der Waals surface area contributed by atoms with Gasteiger partial charge in [-0.1, -0.05) is 12.1 Å². The Kier molecular flexibility index (Phi) is 8.68. The number of aryl methyl sites for hydroxylation is 2. The first kappa shape index (κ1) is 20.0. The van der Waals surface area contributed by atoms with Crippen LogP contribution < -0.4 is 5.32 Å². The summed E-state index contributed by atoms with van der Waals surface area (Å²) in [6, 6.07) is 6.43. The number of aromatic hydroxyl groups is 1. The quantitative estimate of drug-likeness (QED) is 0.894. The predicted octanol–water partition coefficient (Wildman–Crippen LogP) is 2.71. The van der Waals surface area contributed by atoms with Crippen molar-refractivity contribution in [1.82, 2.24) is 10.2 Å². The van der Waals surface area contributed by atoms with Gasteiger partial charge in [0.05, 0.1) is 12.5 Å². The summed E-state index contributed by atoms with van der Waals surface area (Å²) in [7, 11) is 0. The summed E-state index contributed by atoms with van der Waals surface area (Å²) in [5, 5.41) is 22.3. The molecule has 0 unspecified atom stereocenters. The highest BCUT2D eigenvalue weighted by atomic mass is 35.5. The zero-order valence-electron chi connectivity index (χ0n) is 12.4. The van der Waals surface area contributed by atoms with Crippen LogP contribution in [0.4, 0.5) is 0 Å². The lowest BCUT2D eigenvalue weighted by Crippen LogP contribution is -2.45. The van der Waals surface area contributed by atoms with Crippen molar-refractivity contribution in [3.8, 4) is 11.8 Å². The van der Waals surface area contributed by atoms with Crippen LogP contribution in [0.3, 0.4) is 0 Å². The number of halogens is 2. The van der Waals surface area contributed by atoms with E-state index >= 15 is 0 Å². The Hall–Kier alpha value is -0.990. The molecule has 1 atom stereocenters. The lowest BCUT2D eigenvalue weighted by atomic mass is 9.97. The van der Waals surface area contributed by atoms with Gasteiger partial charge in [0.1, 0.15) is 5.75 Å². The molecule has 1 aromatic carbocycles. The smallest absolute Gasteiger partial charge is 0.121 e. The molecule has 21 heavy (non-hydrogen) atoms. The number of hydrogen-bond donors (Lipinski definition) is 2. The van der Waals surface area contributed by atoms with Crippen LogP contribution in [-0.2, 0) is 0 Å². The molecule has 0 amide bonds. The molecule has 6 heteroatoms. The highest BCUT2D eigenvalue weighted by Gasteiger charge is 2.22. The summed E-state index contributed by atoms with van der Waals surface area (Å²) in [5.41, 5.74) is 2.90. The highest BCUT2D eigenvalue weighted by Crippen LogP contribution is 2.30. The van der Waals surface area contributed by atoms with Crippen molar-refractivity contribution >= 4 is 24.8 Å². The van der Waals surface area contributed by atoms with Crippen LogP contribution in [0.5, 0.6) is 5.75 Å². The summed E-state index contributed by atoms with van der Waals surface area (Å²) < 4.78 is 0. The van der Waals surface area contributed by atoms with Gasteiger partial charge in [-0.15, -0.1) is 24.8 Å². The van der Waals surface area contributed by atoms with Crippen molar-refractivity contribution < 1.29 is 5.11 Å². The molecule has 0 bridgehead atoms. The molecule has 1 saturated heterocycles. The van der Waals surface area contributed by atoms with Gasteiger partial charge in [0.15, 0.2) is 0 Å².